The second-order valence-electron chi connectivity index (χ2n) is 6.67. The van der Waals surface area contributed by atoms with Crippen LogP contribution in [0.1, 0.15) is 27.9 Å². The number of hydrogen-bond acceptors (Lipinski definition) is 2. The van der Waals surface area contributed by atoms with Crippen molar-refractivity contribution in [2.75, 3.05) is 16.8 Å². The van der Waals surface area contributed by atoms with Gasteiger partial charge >= 0.3 is 0 Å². The highest BCUT2D eigenvalue weighted by atomic mass is 16.1. The molecule has 0 spiro atoms. The molecule has 0 fully saturated rings. The molecule has 0 bridgehead atoms. The fourth-order valence-corrected chi connectivity index (χ4v) is 3.48. The molecule has 0 unspecified atom stereocenters. The van der Waals surface area contributed by atoms with Crippen LogP contribution < -0.4 is 10.2 Å². The molecule has 1 N–H and O–H groups in total. The Morgan fingerprint density at radius 2 is 1.62 bits per heavy atom. The zero-order valence-electron chi connectivity index (χ0n) is 14.7. The highest BCUT2D eigenvalue weighted by Gasteiger charge is 2.16. The molecule has 3 aromatic rings. The molecule has 1 heterocycles. The number of para-hydroxylation sites is 2. The molecule has 4 rings (SSSR count). The number of amides is 1. The fraction of sp³-hybridized carbons (Fsp3) is 0.174. The molecule has 26 heavy (non-hydrogen) atoms. The Bertz CT molecular complexity index is 888. The molecule has 0 radical (unpaired) electrons. The maximum Gasteiger partial charge on any atom is 0.255 e. The smallest absolute Gasteiger partial charge is 0.255 e. The van der Waals surface area contributed by atoms with Gasteiger partial charge in [0.25, 0.3) is 5.91 Å². The minimum Gasteiger partial charge on any atom is -0.367 e. The molecular formula is C23H22N2O. The molecule has 1 aliphatic rings. The highest BCUT2D eigenvalue weighted by Crippen LogP contribution is 2.28. The van der Waals surface area contributed by atoms with E-state index in [2.05, 4.69) is 46.6 Å². The van der Waals surface area contributed by atoms with Crippen molar-refractivity contribution in [1.82, 2.24) is 0 Å². The van der Waals surface area contributed by atoms with Crippen molar-refractivity contribution >= 4 is 17.3 Å². The lowest BCUT2D eigenvalue weighted by molar-refractivity contribution is 0.102. The number of hydrogen-bond donors (Lipinski definition) is 1. The number of benzene rings is 3. The standard InChI is InChI=1S/C23H22N2O/c26-23(24-21-9-2-1-3-10-21)20-14-12-18(13-15-20)17-25-16-6-8-19-7-4-5-11-22(19)25/h1-5,7,9-15H,6,8,16-17H2,(H,24,26). The van der Waals surface area contributed by atoms with Crippen LogP contribution in [0.2, 0.25) is 0 Å². The molecular weight excluding hydrogens is 320 g/mol. The van der Waals surface area contributed by atoms with Crippen LogP contribution >= 0.6 is 0 Å². The highest BCUT2D eigenvalue weighted by molar-refractivity contribution is 6.04. The maximum absolute atomic E-state index is 12.4. The third-order valence-electron chi connectivity index (χ3n) is 4.83. The van der Waals surface area contributed by atoms with Gasteiger partial charge in [-0.3, -0.25) is 4.79 Å². The minimum atomic E-state index is -0.0777. The largest absolute Gasteiger partial charge is 0.367 e. The van der Waals surface area contributed by atoms with E-state index >= 15 is 0 Å². The zero-order chi connectivity index (χ0) is 17.8. The van der Waals surface area contributed by atoms with Gasteiger partial charge in [0.1, 0.15) is 0 Å². The molecule has 0 atom stereocenters. The number of rotatable bonds is 4. The summed E-state index contributed by atoms with van der Waals surface area (Å²) in [6.45, 7) is 1.95. The lowest BCUT2D eigenvalue weighted by Gasteiger charge is -2.31. The van der Waals surface area contributed by atoms with Gasteiger partial charge in [0.05, 0.1) is 0 Å². The SMILES string of the molecule is O=C(Nc1ccccc1)c1ccc(CN2CCCc3ccccc32)cc1. The average molecular weight is 342 g/mol. The minimum absolute atomic E-state index is 0.0777. The number of fused-ring (bicyclic) bond motifs is 1. The van der Waals surface area contributed by atoms with E-state index in [0.29, 0.717) is 5.56 Å². The van der Waals surface area contributed by atoms with Crippen molar-refractivity contribution in [1.29, 1.82) is 0 Å². The third-order valence-corrected chi connectivity index (χ3v) is 4.83. The van der Waals surface area contributed by atoms with Crippen LogP contribution in [0.4, 0.5) is 11.4 Å². The van der Waals surface area contributed by atoms with Gasteiger partial charge in [-0.25, -0.2) is 0 Å². The summed E-state index contributed by atoms with van der Waals surface area (Å²) in [5.41, 5.74) is 5.48. The Morgan fingerprint density at radius 3 is 2.42 bits per heavy atom. The maximum atomic E-state index is 12.4. The number of carbonyl (C=O) groups is 1. The first-order valence-corrected chi connectivity index (χ1v) is 9.08. The molecule has 1 amide bonds. The number of aryl methyl sites for hydroxylation is 1. The predicted octanol–water partition coefficient (Wildman–Crippen LogP) is 4.89. The van der Waals surface area contributed by atoms with Crippen LogP contribution in [-0.2, 0) is 13.0 Å². The van der Waals surface area contributed by atoms with Gasteiger partial charge in [-0.2, -0.15) is 0 Å². The Morgan fingerprint density at radius 1 is 0.885 bits per heavy atom. The zero-order valence-corrected chi connectivity index (χ0v) is 14.7. The van der Waals surface area contributed by atoms with E-state index in [9.17, 15) is 4.79 Å². The van der Waals surface area contributed by atoms with Gasteiger partial charge in [-0.05, 0) is 54.3 Å². The van der Waals surface area contributed by atoms with Crippen molar-refractivity contribution < 1.29 is 4.79 Å². The van der Waals surface area contributed by atoms with E-state index in [-0.39, 0.29) is 5.91 Å². The molecule has 3 nitrogen and oxygen atoms in total. The van der Waals surface area contributed by atoms with Gasteiger partial charge < -0.3 is 10.2 Å². The van der Waals surface area contributed by atoms with E-state index in [1.54, 1.807) is 0 Å². The van der Waals surface area contributed by atoms with Crippen molar-refractivity contribution in [3.8, 4) is 0 Å². The molecule has 0 aromatic heterocycles. The van der Waals surface area contributed by atoms with Gasteiger partial charge in [0.15, 0.2) is 0 Å². The van der Waals surface area contributed by atoms with Crippen LogP contribution in [0.25, 0.3) is 0 Å². The summed E-state index contributed by atoms with van der Waals surface area (Å²) in [6, 6.07) is 26.1. The van der Waals surface area contributed by atoms with Crippen molar-refractivity contribution in [3.63, 3.8) is 0 Å². The molecule has 0 aliphatic carbocycles. The van der Waals surface area contributed by atoms with Crippen LogP contribution in [0.5, 0.6) is 0 Å². The lowest BCUT2D eigenvalue weighted by Crippen LogP contribution is -2.28. The number of anilines is 2. The van der Waals surface area contributed by atoms with Gasteiger partial charge in [0, 0.05) is 30.0 Å². The summed E-state index contributed by atoms with van der Waals surface area (Å²) in [5.74, 6) is -0.0777. The van der Waals surface area contributed by atoms with Crippen LogP contribution in [0.15, 0.2) is 78.9 Å². The van der Waals surface area contributed by atoms with E-state index in [0.717, 1.165) is 25.2 Å². The molecule has 0 saturated carbocycles. The van der Waals surface area contributed by atoms with Gasteiger partial charge in [-0.1, -0.05) is 48.5 Å². The quantitative estimate of drug-likeness (QED) is 0.732. The summed E-state index contributed by atoms with van der Waals surface area (Å²) >= 11 is 0. The second-order valence-corrected chi connectivity index (χ2v) is 6.67. The first-order chi connectivity index (χ1) is 12.8. The van der Waals surface area contributed by atoms with E-state index in [4.69, 9.17) is 0 Å². The monoisotopic (exact) mass is 342 g/mol. The molecule has 0 saturated heterocycles. The Balaban J connectivity index is 1.45. The van der Waals surface area contributed by atoms with Gasteiger partial charge in [0.2, 0.25) is 0 Å². The Labute approximate surface area is 154 Å². The van der Waals surface area contributed by atoms with Crippen LogP contribution in [-0.4, -0.2) is 12.5 Å². The van der Waals surface area contributed by atoms with E-state index in [1.807, 2.05) is 42.5 Å². The summed E-state index contributed by atoms with van der Waals surface area (Å²) in [6.07, 6.45) is 2.35. The number of nitrogens with zero attached hydrogens (tertiary/aromatic N) is 1. The Kier molecular flexibility index (Phi) is 4.69. The van der Waals surface area contributed by atoms with E-state index in [1.165, 1.54) is 23.2 Å². The third kappa shape index (κ3) is 3.62. The summed E-state index contributed by atoms with van der Waals surface area (Å²) in [7, 11) is 0. The Hall–Kier alpha value is -3.07. The van der Waals surface area contributed by atoms with Crippen LogP contribution in [0.3, 0.4) is 0 Å². The predicted molar refractivity (Wildman–Crippen MR) is 107 cm³/mol. The lowest BCUT2D eigenvalue weighted by atomic mass is 10.0. The topological polar surface area (TPSA) is 32.3 Å². The molecule has 130 valence electrons. The molecule has 3 heteroatoms. The van der Waals surface area contributed by atoms with E-state index < -0.39 is 0 Å². The average Bonchev–Trinajstić information content (AvgIpc) is 2.70. The van der Waals surface area contributed by atoms with Crippen molar-refractivity contribution in [2.24, 2.45) is 0 Å². The van der Waals surface area contributed by atoms with Crippen LogP contribution in [0, 0.1) is 0 Å². The number of carbonyl (C=O) groups excluding carboxylic acids is 1. The summed E-state index contributed by atoms with van der Waals surface area (Å²) < 4.78 is 0. The van der Waals surface area contributed by atoms with Crippen molar-refractivity contribution in [3.05, 3.63) is 95.6 Å². The normalized spacial score (nSPS) is 13.2. The second kappa shape index (κ2) is 7.44. The fourth-order valence-electron chi connectivity index (χ4n) is 3.48. The first-order valence-electron chi connectivity index (χ1n) is 9.08. The summed E-state index contributed by atoms with van der Waals surface area (Å²) in [5, 5.41) is 2.92. The summed E-state index contributed by atoms with van der Waals surface area (Å²) in [4.78, 5) is 14.8. The van der Waals surface area contributed by atoms with Gasteiger partial charge in [-0.15, -0.1) is 0 Å². The molecule has 1 aliphatic heterocycles. The number of nitrogens with one attached hydrogen (secondary N) is 1. The van der Waals surface area contributed by atoms with Crippen molar-refractivity contribution in [2.45, 2.75) is 19.4 Å². The molecule has 3 aromatic carbocycles. The first kappa shape index (κ1) is 16.4.